The topological polar surface area (TPSA) is 91.2 Å². The van der Waals surface area contributed by atoms with Gasteiger partial charge in [-0.2, -0.15) is 5.10 Å². The molecule has 2 aromatic carbocycles. The van der Waals surface area contributed by atoms with Gasteiger partial charge >= 0.3 is 0 Å². The molecule has 5 aromatic rings. The largest absolute Gasteiger partial charge is 0.486 e. The van der Waals surface area contributed by atoms with Gasteiger partial charge in [-0.15, -0.1) is 0 Å². The first kappa shape index (κ1) is 20.2. The molecule has 3 aromatic heterocycles. The lowest BCUT2D eigenvalue weighted by Crippen LogP contribution is -2.15. The van der Waals surface area contributed by atoms with Crippen LogP contribution in [-0.2, 0) is 7.05 Å². The average Bonchev–Trinajstić information content (AvgIpc) is 3.15. The fourth-order valence-electron chi connectivity index (χ4n) is 4.29. The highest BCUT2D eigenvalue weighted by Crippen LogP contribution is 2.35. The zero-order chi connectivity index (χ0) is 23.2. The van der Waals surface area contributed by atoms with E-state index in [1.54, 1.807) is 10.9 Å². The molecule has 1 aliphatic rings. The van der Waals surface area contributed by atoms with E-state index >= 15 is 0 Å². The Morgan fingerprint density at radius 1 is 1.00 bits per heavy atom. The summed E-state index contributed by atoms with van der Waals surface area (Å²) in [4.78, 5) is 22.7. The number of rotatable bonds is 3. The van der Waals surface area contributed by atoms with E-state index in [9.17, 15) is 4.79 Å². The molecule has 0 fully saturated rings. The van der Waals surface area contributed by atoms with Gasteiger partial charge in [0.1, 0.15) is 13.2 Å². The van der Waals surface area contributed by atoms with E-state index in [4.69, 9.17) is 14.5 Å². The molecule has 8 heteroatoms. The number of fused-ring (bicyclic) bond motifs is 3. The van der Waals surface area contributed by atoms with Crippen LogP contribution < -0.4 is 14.8 Å². The molecule has 1 aliphatic heterocycles. The van der Waals surface area contributed by atoms with Gasteiger partial charge < -0.3 is 14.8 Å². The van der Waals surface area contributed by atoms with Gasteiger partial charge in [0.05, 0.1) is 34.4 Å². The Morgan fingerprint density at radius 3 is 2.71 bits per heavy atom. The van der Waals surface area contributed by atoms with Crippen molar-refractivity contribution in [2.75, 3.05) is 18.5 Å². The molecule has 8 nitrogen and oxygen atoms in total. The van der Waals surface area contributed by atoms with Crippen molar-refractivity contribution >= 4 is 33.5 Å². The lowest BCUT2D eigenvalue weighted by atomic mass is 10.0. The van der Waals surface area contributed by atoms with Crippen LogP contribution in [0.3, 0.4) is 0 Å². The summed E-state index contributed by atoms with van der Waals surface area (Å²) >= 11 is 0. The van der Waals surface area contributed by atoms with Gasteiger partial charge in [0.15, 0.2) is 17.1 Å². The number of amides is 1. The first-order valence-electron chi connectivity index (χ1n) is 11.0. The molecular weight excluding hydrogens is 430 g/mol. The molecule has 34 heavy (non-hydrogen) atoms. The first-order valence-corrected chi connectivity index (χ1v) is 11.0. The second-order valence-electron chi connectivity index (χ2n) is 8.19. The predicted molar refractivity (Wildman–Crippen MR) is 129 cm³/mol. The minimum atomic E-state index is -0.236. The lowest BCUT2D eigenvalue weighted by molar-refractivity contribution is 0.102. The van der Waals surface area contributed by atoms with Gasteiger partial charge in [0.2, 0.25) is 0 Å². The lowest BCUT2D eigenvalue weighted by Gasteiger charge is -2.19. The number of aryl methyl sites for hydroxylation is 2. The van der Waals surface area contributed by atoms with Gasteiger partial charge in [-0.05, 0) is 43.3 Å². The number of anilines is 1. The van der Waals surface area contributed by atoms with Crippen LogP contribution in [0.25, 0.3) is 33.2 Å². The fraction of sp³-hybridized carbons (Fsp3) is 0.154. The molecule has 4 heterocycles. The summed E-state index contributed by atoms with van der Waals surface area (Å²) < 4.78 is 13.1. The number of hydrogen-bond acceptors (Lipinski definition) is 6. The zero-order valence-corrected chi connectivity index (χ0v) is 18.7. The van der Waals surface area contributed by atoms with E-state index in [0.29, 0.717) is 41.7 Å². The maximum atomic E-state index is 13.4. The van der Waals surface area contributed by atoms with Crippen LogP contribution in [-0.4, -0.2) is 38.9 Å². The molecule has 0 bridgehead atoms. The Bertz CT molecular complexity index is 1590. The van der Waals surface area contributed by atoms with E-state index in [0.717, 1.165) is 33.2 Å². The van der Waals surface area contributed by atoms with Crippen molar-refractivity contribution in [3.8, 4) is 22.8 Å². The van der Waals surface area contributed by atoms with Crippen LogP contribution in [0.15, 0.2) is 60.8 Å². The summed E-state index contributed by atoms with van der Waals surface area (Å²) in [6, 6.07) is 17.0. The van der Waals surface area contributed by atoms with E-state index < -0.39 is 0 Å². The molecule has 0 atom stereocenters. The van der Waals surface area contributed by atoms with Gasteiger partial charge in [0, 0.05) is 23.4 Å². The van der Waals surface area contributed by atoms with Gasteiger partial charge in [0.25, 0.3) is 5.91 Å². The maximum absolute atomic E-state index is 13.4. The van der Waals surface area contributed by atoms with Gasteiger partial charge in [-0.1, -0.05) is 18.2 Å². The summed E-state index contributed by atoms with van der Waals surface area (Å²) in [5.41, 5.74) is 5.02. The van der Waals surface area contributed by atoms with Crippen molar-refractivity contribution in [2.24, 2.45) is 7.05 Å². The van der Waals surface area contributed by atoms with Crippen LogP contribution in [0.5, 0.6) is 11.5 Å². The van der Waals surface area contributed by atoms with Crippen molar-refractivity contribution < 1.29 is 14.3 Å². The number of carbonyl (C=O) groups is 1. The number of pyridine rings is 2. The Morgan fingerprint density at radius 2 is 1.82 bits per heavy atom. The fourth-order valence-corrected chi connectivity index (χ4v) is 4.29. The van der Waals surface area contributed by atoms with Crippen molar-refractivity contribution in [2.45, 2.75) is 6.92 Å². The quantitative estimate of drug-likeness (QED) is 0.434. The van der Waals surface area contributed by atoms with Crippen molar-refractivity contribution in [1.29, 1.82) is 0 Å². The highest BCUT2D eigenvalue weighted by atomic mass is 16.6. The molecule has 0 saturated heterocycles. The summed E-state index contributed by atoms with van der Waals surface area (Å²) in [6.45, 7) is 2.96. The molecule has 168 valence electrons. The van der Waals surface area contributed by atoms with Crippen LogP contribution in [0.1, 0.15) is 16.1 Å². The Kier molecular flexibility index (Phi) is 4.65. The number of benzene rings is 2. The minimum absolute atomic E-state index is 0.236. The molecule has 0 saturated carbocycles. The SMILES string of the molecule is Cc1nn(C)c2ncc(NC(=O)c3cc(-c4ccc5c(c4)OCCO5)nc4ccccc34)cc12. The second kappa shape index (κ2) is 7.84. The summed E-state index contributed by atoms with van der Waals surface area (Å²) in [5, 5.41) is 9.07. The molecule has 0 unspecified atom stereocenters. The smallest absolute Gasteiger partial charge is 0.256 e. The monoisotopic (exact) mass is 451 g/mol. The predicted octanol–water partition coefficient (Wildman–Crippen LogP) is 4.52. The van der Waals surface area contributed by atoms with Crippen molar-refractivity contribution in [3.05, 3.63) is 72.1 Å². The molecule has 0 aliphatic carbocycles. The Balaban J connectivity index is 1.41. The molecule has 6 rings (SSSR count). The number of carbonyl (C=O) groups excluding carboxylic acids is 1. The third-order valence-corrected chi connectivity index (χ3v) is 5.92. The van der Waals surface area contributed by atoms with Crippen LogP contribution >= 0.6 is 0 Å². The summed E-state index contributed by atoms with van der Waals surface area (Å²) in [5.74, 6) is 1.15. The standard InChI is InChI=1S/C26H21N5O3/c1-15-19-12-17(14-27-25(19)31(2)30-15)28-26(32)20-13-22(29-21-6-4-3-5-18(20)21)16-7-8-23-24(11-16)34-10-9-33-23/h3-8,11-14H,9-10H2,1-2H3,(H,28,32). The first-order chi connectivity index (χ1) is 16.6. The van der Waals surface area contributed by atoms with E-state index in [1.807, 2.05) is 68.6 Å². The third kappa shape index (κ3) is 3.40. The van der Waals surface area contributed by atoms with Crippen molar-refractivity contribution in [1.82, 2.24) is 19.7 Å². The highest BCUT2D eigenvalue weighted by molar-refractivity contribution is 6.13. The van der Waals surface area contributed by atoms with Crippen LogP contribution in [0.2, 0.25) is 0 Å². The van der Waals surface area contributed by atoms with E-state index in [1.165, 1.54) is 0 Å². The Labute approximate surface area is 195 Å². The van der Waals surface area contributed by atoms with Gasteiger partial charge in [-0.3, -0.25) is 9.48 Å². The van der Waals surface area contributed by atoms with Crippen LogP contribution in [0.4, 0.5) is 5.69 Å². The maximum Gasteiger partial charge on any atom is 0.256 e. The second-order valence-corrected chi connectivity index (χ2v) is 8.19. The normalized spacial score (nSPS) is 12.8. The summed E-state index contributed by atoms with van der Waals surface area (Å²) in [7, 11) is 1.85. The summed E-state index contributed by atoms with van der Waals surface area (Å²) in [6.07, 6.45) is 1.65. The molecule has 1 N–H and O–H groups in total. The van der Waals surface area contributed by atoms with Crippen molar-refractivity contribution in [3.63, 3.8) is 0 Å². The number of para-hydroxylation sites is 1. The molecule has 1 amide bonds. The minimum Gasteiger partial charge on any atom is -0.486 e. The average molecular weight is 451 g/mol. The number of ether oxygens (including phenoxy) is 2. The molecule has 0 spiro atoms. The number of aromatic nitrogens is 4. The third-order valence-electron chi connectivity index (χ3n) is 5.92. The number of nitrogens with one attached hydrogen (secondary N) is 1. The Hall–Kier alpha value is -4.46. The van der Waals surface area contributed by atoms with E-state index in [2.05, 4.69) is 15.4 Å². The number of nitrogens with zero attached hydrogens (tertiary/aromatic N) is 4. The highest BCUT2D eigenvalue weighted by Gasteiger charge is 2.18. The molecule has 0 radical (unpaired) electrons. The van der Waals surface area contributed by atoms with Gasteiger partial charge in [-0.25, -0.2) is 9.97 Å². The number of hydrogen-bond donors (Lipinski definition) is 1. The van der Waals surface area contributed by atoms with E-state index in [-0.39, 0.29) is 5.91 Å². The van der Waals surface area contributed by atoms with Crippen LogP contribution in [0, 0.1) is 6.92 Å². The zero-order valence-electron chi connectivity index (χ0n) is 18.7. The molecular formula is C26H21N5O3.